The second-order valence-corrected chi connectivity index (χ2v) is 7.93. The summed E-state index contributed by atoms with van der Waals surface area (Å²) in [6.07, 6.45) is 2.27. The van der Waals surface area contributed by atoms with Crippen LogP contribution in [0.15, 0.2) is 29.2 Å². The fraction of sp³-hybridized carbons (Fsp3) is 0.462. The molecule has 3 N–H and O–H groups in total. The summed E-state index contributed by atoms with van der Waals surface area (Å²) in [5.41, 5.74) is 0.670. The van der Waals surface area contributed by atoms with E-state index >= 15 is 0 Å². The average molecular weight is 346 g/mol. The van der Waals surface area contributed by atoms with Crippen LogP contribution in [0.5, 0.6) is 0 Å². The standard InChI is InChI=1S/C13H18N2O3S3/c14-21(16,17)12-3-1-11(2-4-12)15-13(19)18-7-5-10-6-8-20-9-10/h1-4,10H,5-9H2,(H,15,19)(H2,14,16,17). The fourth-order valence-electron chi connectivity index (χ4n) is 2.01. The van der Waals surface area contributed by atoms with E-state index in [0.29, 0.717) is 17.5 Å². The van der Waals surface area contributed by atoms with Crippen molar-refractivity contribution in [2.24, 2.45) is 11.1 Å². The molecule has 8 heteroatoms. The zero-order valence-corrected chi connectivity index (χ0v) is 13.9. The Balaban J connectivity index is 1.76. The third-order valence-corrected chi connectivity index (χ3v) is 5.59. The van der Waals surface area contributed by atoms with Crippen molar-refractivity contribution in [2.45, 2.75) is 17.7 Å². The molecule has 1 aromatic carbocycles. The van der Waals surface area contributed by atoms with Gasteiger partial charge in [-0.2, -0.15) is 11.8 Å². The summed E-state index contributed by atoms with van der Waals surface area (Å²) in [5, 5.41) is 8.24. The van der Waals surface area contributed by atoms with Gasteiger partial charge in [-0.05, 0) is 66.7 Å². The Bertz CT molecular complexity index is 581. The second-order valence-electron chi connectivity index (χ2n) is 4.85. The number of nitrogens with one attached hydrogen (secondary N) is 1. The number of anilines is 1. The number of hydrogen-bond acceptors (Lipinski definition) is 5. The summed E-state index contributed by atoms with van der Waals surface area (Å²) in [6.45, 7) is 0.603. The molecule has 1 saturated heterocycles. The van der Waals surface area contributed by atoms with Crippen LogP contribution >= 0.6 is 24.0 Å². The largest absolute Gasteiger partial charge is 0.471 e. The van der Waals surface area contributed by atoms with Crippen LogP contribution in [0, 0.1) is 5.92 Å². The van der Waals surface area contributed by atoms with E-state index in [1.165, 1.54) is 30.1 Å². The number of nitrogens with two attached hydrogens (primary N) is 1. The van der Waals surface area contributed by atoms with Crippen molar-refractivity contribution in [3.63, 3.8) is 0 Å². The highest BCUT2D eigenvalue weighted by molar-refractivity contribution is 7.99. The highest BCUT2D eigenvalue weighted by Crippen LogP contribution is 2.25. The first kappa shape index (κ1) is 16.5. The average Bonchev–Trinajstić information content (AvgIpc) is 2.91. The molecule has 0 bridgehead atoms. The molecule has 0 radical (unpaired) electrons. The van der Waals surface area contributed by atoms with E-state index in [-0.39, 0.29) is 4.90 Å². The summed E-state index contributed by atoms with van der Waals surface area (Å²) in [5.74, 6) is 3.18. The molecule has 5 nitrogen and oxygen atoms in total. The minimum Gasteiger partial charge on any atom is -0.471 e. The van der Waals surface area contributed by atoms with Gasteiger partial charge in [0.1, 0.15) is 0 Å². The lowest BCUT2D eigenvalue weighted by Crippen LogP contribution is -2.16. The Morgan fingerprint density at radius 3 is 2.71 bits per heavy atom. The van der Waals surface area contributed by atoms with Crippen LogP contribution in [-0.2, 0) is 14.8 Å². The van der Waals surface area contributed by atoms with Crippen LogP contribution in [0.4, 0.5) is 5.69 Å². The second kappa shape index (κ2) is 7.44. The van der Waals surface area contributed by atoms with Crippen molar-refractivity contribution in [1.82, 2.24) is 0 Å². The first-order chi connectivity index (χ1) is 9.95. The van der Waals surface area contributed by atoms with Gasteiger partial charge in [-0.25, -0.2) is 13.6 Å². The van der Waals surface area contributed by atoms with E-state index in [4.69, 9.17) is 22.1 Å². The molecule has 0 amide bonds. The van der Waals surface area contributed by atoms with Crippen molar-refractivity contribution < 1.29 is 13.2 Å². The minimum atomic E-state index is -3.67. The van der Waals surface area contributed by atoms with Gasteiger partial charge in [-0.1, -0.05) is 0 Å². The summed E-state index contributed by atoms with van der Waals surface area (Å²) < 4.78 is 27.8. The summed E-state index contributed by atoms with van der Waals surface area (Å²) in [7, 11) is -3.67. The number of thiocarbonyl (C=S) groups is 1. The van der Waals surface area contributed by atoms with Crippen molar-refractivity contribution in [3.8, 4) is 0 Å². The molecule has 0 saturated carbocycles. The van der Waals surface area contributed by atoms with E-state index in [2.05, 4.69) is 5.32 Å². The smallest absolute Gasteiger partial charge is 0.261 e. The van der Waals surface area contributed by atoms with Crippen LogP contribution in [0.1, 0.15) is 12.8 Å². The topological polar surface area (TPSA) is 81.4 Å². The Hall–Kier alpha value is -0.830. The molecule has 1 aliphatic rings. The van der Waals surface area contributed by atoms with E-state index in [9.17, 15) is 8.42 Å². The van der Waals surface area contributed by atoms with E-state index < -0.39 is 10.0 Å². The Morgan fingerprint density at radius 1 is 1.43 bits per heavy atom. The zero-order valence-electron chi connectivity index (χ0n) is 11.4. The maximum atomic E-state index is 11.1. The quantitative estimate of drug-likeness (QED) is 0.796. The maximum absolute atomic E-state index is 11.1. The molecular weight excluding hydrogens is 328 g/mol. The van der Waals surface area contributed by atoms with Crippen LogP contribution in [-0.4, -0.2) is 31.7 Å². The fourth-order valence-corrected chi connectivity index (χ4v) is 4.06. The molecular formula is C13H18N2O3S3. The first-order valence-corrected chi connectivity index (χ1v) is 9.70. The Kier molecular flexibility index (Phi) is 5.86. The van der Waals surface area contributed by atoms with E-state index in [0.717, 1.165) is 12.3 Å². The van der Waals surface area contributed by atoms with Gasteiger partial charge < -0.3 is 10.1 Å². The lowest BCUT2D eigenvalue weighted by molar-refractivity contribution is 0.280. The summed E-state index contributed by atoms with van der Waals surface area (Å²) in [6, 6.07) is 6.05. The van der Waals surface area contributed by atoms with E-state index in [1.807, 2.05) is 11.8 Å². The molecule has 1 fully saturated rings. The van der Waals surface area contributed by atoms with Crippen LogP contribution in [0.2, 0.25) is 0 Å². The van der Waals surface area contributed by atoms with E-state index in [1.54, 1.807) is 12.1 Å². The molecule has 1 heterocycles. The third-order valence-electron chi connectivity index (χ3n) is 3.21. The maximum Gasteiger partial charge on any atom is 0.261 e. The predicted octanol–water partition coefficient (Wildman–Crippen LogP) is 2.19. The number of ether oxygens (including phenoxy) is 1. The van der Waals surface area contributed by atoms with Gasteiger partial charge >= 0.3 is 0 Å². The van der Waals surface area contributed by atoms with Gasteiger partial charge in [0.05, 0.1) is 11.5 Å². The Labute approximate surface area is 134 Å². The molecule has 1 atom stereocenters. The highest BCUT2D eigenvalue weighted by Gasteiger charge is 2.15. The molecule has 1 unspecified atom stereocenters. The summed E-state index contributed by atoms with van der Waals surface area (Å²) >= 11 is 7.08. The lowest BCUT2D eigenvalue weighted by Gasteiger charge is -2.12. The van der Waals surface area contributed by atoms with Crippen LogP contribution < -0.4 is 10.5 Å². The Morgan fingerprint density at radius 2 is 2.14 bits per heavy atom. The van der Waals surface area contributed by atoms with Crippen molar-refractivity contribution in [3.05, 3.63) is 24.3 Å². The number of primary sulfonamides is 1. The van der Waals surface area contributed by atoms with Crippen LogP contribution in [0.3, 0.4) is 0 Å². The third kappa shape index (κ3) is 5.46. The normalized spacial score (nSPS) is 18.4. The van der Waals surface area contributed by atoms with Crippen LogP contribution in [0.25, 0.3) is 0 Å². The van der Waals surface area contributed by atoms with Gasteiger partial charge in [0.15, 0.2) is 0 Å². The molecule has 1 aromatic rings. The molecule has 0 aliphatic carbocycles. The van der Waals surface area contributed by atoms with Gasteiger partial charge in [0.25, 0.3) is 5.17 Å². The highest BCUT2D eigenvalue weighted by atomic mass is 32.2. The number of sulfonamides is 1. The zero-order chi connectivity index (χ0) is 15.3. The lowest BCUT2D eigenvalue weighted by atomic mass is 10.1. The van der Waals surface area contributed by atoms with Gasteiger partial charge in [-0.15, -0.1) is 0 Å². The van der Waals surface area contributed by atoms with Gasteiger partial charge in [-0.3, -0.25) is 0 Å². The van der Waals surface area contributed by atoms with Crippen molar-refractivity contribution in [2.75, 3.05) is 23.4 Å². The van der Waals surface area contributed by atoms with Gasteiger partial charge in [0, 0.05) is 5.69 Å². The predicted molar refractivity (Wildman–Crippen MR) is 90.0 cm³/mol. The number of hydrogen-bond donors (Lipinski definition) is 2. The van der Waals surface area contributed by atoms with Crippen molar-refractivity contribution >= 4 is 44.9 Å². The SMILES string of the molecule is NS(=O)(=O)c1ccc(NC(=S)OCCC2CCSC2)cc1. The number of thioether (sulfide) groups is 1. The molecule has 21 heavy (non-hydrogen) atoms. The first-order valence-electron chi connectivity index (χ1n) is 6.59. The minimum absolute atomic E-state index is 0.0682. The molecule has 0 aromatic heterocycles. The van der Waals surface area contributed by atoms with Gasteiger partial charge in [0.2, 0.25) is 10.0 Å². The molecule has 116 valence electrons. The number of rotatable bonds is 5. The summed E-state index contributed by atoms with van der Waals surface area (Å²) in [4.78, 5) is 0.0682. The monoisotopic (exact) mass is 346 g/mol. The number of benzene rings is 1. The molecule has 2 rings (SSSR count). The van der Waals surface area contributed by atoms with Crippen molar-refractivity contribution in [1.29, 1.82) is 0 Å². The molecule has 1 aliphatic heterocycles. The molecule has 0 spiro atoms.